The van der Waals surface area contributed by atoms with Crippen molar-refractivity contribution in [3.05, 3.63) is 54.1 Å². The molecule has 3 heterocycles. The number of amides is 1. The van der Waals surface area contributed by atoms with Crippen LogP contribution in [0.2, 0.25) is 0 Å². The normalized spacial score (nSPS) is 15.3. The molecule has 0 atom stereocenters. The molecule has 2 aromatic heterocycles. The summed E-state index contributed by atoms with van der Waals surface area (Å²) in [6.45, 7) is 7.45. The highest BCUT2D eigenvalue weighted by molar-refractivity contribution is 5.68. The van der Waals surface area contributed by atoms with Gasteiger partial charge in [0.25, 0.3) is 0 Å². The molecule has 1 aliphatic rings. The van der Waals surface area contributed by atoms with Crippen LogP contribution in [-0.2, 0) is 11.2 Å². The van der Waals surface area contributed by atoms with Gasteiger partial charge in [0, 0.05) is 25.4 Å². The number of carbonyl (C=O) groups excluding carboxylic acids is 1. The molecule has 0 radical (unpaired) electrons. The number of hydrogen-bond donors (Lipinski definition) is 0. The van der Waals surface area contributed by atoms with Crippen molar-refractivity contribution in [2.75, 3.05) is 19.7 Å². The Labute approximate surface area is 182 Å². The van der Waals surface area contributed by atoms with Gasteiger partial charge in [-0.3, -0.25) is 4.98 Å². The summed E-state index contributed by atoms with van der Waals surface area (Å²) in [6, 6.07) is 10.2. The molecule has 1 amide bonds. The highest BCUT2D eigenvalue weighted by Gasteiger charge is 2.30. The molecule has 3 aromatic rings. The topological polar surface area (TPSA) is 81.9 Å². The van der Waals surface area contributed by atoms with Crippen molar-refractivity contribution in [1.82, 2.24) is 24.5 Å². The first-order valence-electron chi connectivity index (χ1n) is 10.7. The first kappa shape index (κ1) is 21.1. The van der Waals surface area contributed by atoms with E-state index < -0.39 is 5.60 Å². The van der Waals surface area contributed by atoms with E-state index in [-0.39, 0.29) is 12.0 Å². The third-order valence-electron chi connectivity index (χ3n) is 5.30. The summed E-state index contributed by atoms with van der Waals surface area (Å²) in [7, 11) is 0. The maximum absolute atomic E-state index is 12.4. The molecule has 0 spiro atoms. The largest absolute Gasteiger partial charge is 0.477 e. The van der Waals surface area contributed by atoms with E-state index in [0.717, 1.165) is 25.1 Å². The minimum Gasteiger partial charge on any atom is -0.477 e. The fraction of sp³-hybridized carbons (Fsp3) is 0.478. The molecule has 1 aliphatic heterocycles. The molecular weight excluding hydrogens is 394 g/mol. The van der Waals surface area contributed by atoms with Gasteiger partial charge in [-0.2, -0.15) is 0 Å². The number of aromatic nitrogens is 4. The molecule has 0 aliphatic carbocycles. The minimum atomic E-state index is -0.490. The van der Waals surface area contributed by atoms with Gasteiger partial charge in [-0.25, -0.2) is 9.20 Å². The quantitative estimate of drug-likeness (QED) is 0.620. The van der Waals surface area contributed by atoms with Crippen LogP contribution in [0.25, 0.3) is 5.65 Å². The third-order valence-corrected chi connectivity index (χ3v) is 5.30. The van der Waals surface area contributed by atoms with E-state index >= 15 is 0 Å². The van der Waals surface area contributed by atoms with E-state index in [1.54, 1.807) is 17.3 Å². The lowest BCUT2D eigenvalue weighted by molar-refractivity contribution is 0.0202. The molecule has 4 rings (SSSR count). The van der Waals surface area contributed by atoms with Crippen molar-refractivity contribution in [2.45, 2.75) is 51.6 Å². The molecule has 1 saturated heterocycles. The van der Waals surface area contributed by atoms with Crippen LogP contribution < -0.4 is 4.74 Å². The Bertz CT molecular complexity index is 1020. The second-order valence-electron chi connectivity index (χ2n) is 8.82. The van der Waals surface area contributed by atoms with Gasteiger partial charge in [0.2, 0.25) is 5.88 Å². The number of rotatable bonds is 5. The number of piperidine rings is 1. The van der Waals surface area contributed by atoms with Crippen molar-refractivity contribution in [3.8, 4) is 5.88 Å². The zero-order valence-corrected chi connectivity index (χ0v) is 18.3. The van der Waals surface area contributed by atoms with Gasteiger partial charge in [-0.05, 0) is 39.2 Å². The van der Waals surface area contributed by atoms with E-state index in [4.69, 9.17) is 9.47 Å². The average molecular weight is 424 g/mol. The number of ether oxygens (including phenoxy) is 2. The number of fused-ring (bicyclic) bond motifs is 1. The van der Waals surface area contributed by atoms with Crippen molar-refractivity contribution in [3.63, 3.8) is 0 Å². The van der Waals surface area contributed by atoms with Crippen LogP contribution in [0.5, 0.6) is 5.88 Å². The Hall–Kier alpha value is -3.16. The monoisotopic (exact) mass is 423 g/mol. The lowest BCUT2D eigenvalue weighted by Gasteiger charge is -2.32. The Morgan fingerprint density at radius 2 is 1.84 bits per heavy atom. The van der Waals surface area contributed by atoms with Gasteiger partial charge in [0.1, 0.15) is 11.4 Å². The molecule has 0 unspecified atom stereocenters. The number of hydrogen-bond acceptors (Lipinski definition) is 6. The first-order chi connectivity index (χ1) is 14.9. The summed E-state index contributed by atoms with van der Waals surface area (Å²) in [6.07, 6.45) is 5.55. The number of benzene rings is 1. The van der Waals surface area contributed by atoms with Crippen LogP contribution >= 0.6 is 0 Å². The van der Waals surface area contributed by atoms with Crippen LogP contribution in [0, 0.1) is 0 Å². The van der Waals surface area contributed by atoms with Crippen molar-refractivity contribution in [1.29, 1.82) is 0 Å². The van der Waals surface area contributed by atoms with Gasteiger partial charge < -0.3 is 14.4 Å². The molecule has 1 fully saturated rings. The first-order valence-corrected chi connectivity index (χ1v) is 10.7. The second kappa shape index (κ2) is 8.91. The number of nitrogens with zero attached hydrogens (tertiary/aromatic N) is 5. The van der Waals surface area contributed by atoms with Crippen LogP contribution in [0.1, 0.15) is 50.9 Å². The van der Waals surface area contributed by atoms with Gasteiger partial charge in [-0.1, -0.05) is 30.3 Å². The summed E-state index contributed by atoms with van der Waals surface area (Å²) >= 11 is 0. The maximum Gasteiger partial charge on any atom is 0.410 e. The average Bonchev–Trinajstić information content (AvgIpc) is 3.18. The predicted octanol–water partition coefficient (Wildman–Crippen LogP) is 3.86. The van der Waals surface area contributed by atoms with Crippen LogP contribution in [0.4, 0.5) is 4.79 Å². The molecule has 0 saturated carbocycles. The van der Waals surface area contributed by atoms with E-state index in [2.05, 4.69) is 27.3 Å². The van der Waals surface area contributed by atoms with E-state index in [0.29, 0.717) is 31.2 Å². The predicted molar refractivity (Wildman–Crippen MR) is 116 cm³/mol. The van der Waals surface area contributed by atoms with Crippen LogP contribution in [0.3, 0.4) is 0 Å². The second-order valence-corrected chi connectivity index (χ2v) is 8.82. The molecule has 1 aromatic carbocycles. The van der Waals surface area contributed by atoms with Gasteiger partial charge in [0.05, 0.1) is 19.0 Å². The Morgan fingerprint density at radius 1 is 1.10 bits per heavy atom. The van der Waals surface area contributed by atoms with Crippen molar-refractivity contribution in [2.24, 2.45) is 0 Å². The third kappa shape index (κ3) is 5.13. The summed E-state index contributed by atoms with van der Waals surface area (Å²) in [4.78, 5) is 18.4. The lowest BCUT2D eigenvalue weighted by atomic mass is 9.96. The number of carbonyl (C=O) groups is 1. The highest BCUT2D eigenvalue weighted by Crippen LogP contribution is 2.29. The SMILES string of the molecule is CC(C)(C)OC(=O)N1CCC(c2nnc3cncc(OCCc4ccccc4)n23)CC1. The fourth-order valence-corrected chi connectivity index (χ4v) is 3.77. The molecular formula is C23H29N5O3. The van der Waals surface area contributed by atoms with E-state index in [9.17, 15) is 4.79 Å². The van der Waals surface area contributed by atoms with E-state index in [1.165, 1.54) is 5.56 Å². The maximum atomic E-state index is 12.4. The smallest absolute Gasteiger partial charge is 0.410 e. The van der Waals surface area contributed by atoms with Crippen molar-refractivity contribution < 1.29 is 14.3 Å². The molecule has 0 N–H and O–H groups in total. The molecule has 8 nitrogen and oxygen atoms in total. The van der Waals surface area contributed by atoms with Gasteiger partial charge >= 0.3 is 6.09 Å². The summed E-state index contributed by atoms with van der Waals surface area (Å²) < 4.78 is 13.5. The molecule has 164 valence electrons. The lowest BCUT2D eigenvalue weighted by Crippen LogP contribution is -2.41. The van der Waals surface area contributed by atoms with Gasteiger partial charge in [0.15, 0.2) is 5.65 Å². The fourth-order valence-electron chi connectivity index (χ4n) is 3.77. The minimum absolute atomic E-state index is 0.188. The summed E-state index contributed by atoms with van der Waals surface area (Å²) in [5.41, 5.74) is 1.40. The van der Waals surface area contributed by atoms with Crippen molar-refractivity contribution >= 4 is 11.7 Å². The molecule has 8 heteroatoms. The Balaban J connectivity index is 1.43. The Kier molecular flexibility index (Phi) is 6.06. The number of likely N-dealkylation sites (tertiary alicyclic amines) is 1. The summed E-state index contributed by atoms with van der Waals surface area (Å²) in [5.74, 6) is 1.69. The van der Waals surface area contributed by atoms with Crippen LogP contribution in [0.15, 0.2) is 42.7 Å². The summed E-state index contributed by atoms with van der Waals surface area (Å²) in [5, 5.41) is 8.72. The zero-order valence-electron chi connectivity index (χ0n) is 18.3. The highest BCUT2D eigenvalue weighted by atomic mass is 16.6. The standard InChI is InChI=1S/C23H29N5O3/c1-23(2,3)31-22(29)27-12-9-18(10-13-27)21-26-25-19-15-24-16-20(28(19)21)30-14-11-17-7-5-4-6-8-17/h4-8,15-16,18H,9-14H2,1-3H3. The van der Waals surface area contributed by atoms with E-state index in [1.807, 2.05) is 43.4 Å². The molecule has 0 bridgehead atoms. The van der Waals surface area contributed by atoms with Crippen LogP contribution in [-0.4, -0.2) is 55.9 Å². The Morgan fingerprint density at radius 3 is 2.55 bits per heavy atom. The zero-order chi connectivity index (χ0) is 21.8. The van der Waals surface area contributed by atoms with Gasteiger partial charge in [-0.15, -0.1) is 10.2 Å². The molecule has 31 heavy (non-hydrogen) atoms.